The van der Waals surface area contributed by atoms with Gasteiger partial charge in [-0.05, 0) is 29.8 Å². The van der Waals surface area contributed by atoms with Crippen LogP contribution in [0.3, 0.4) is 0 Å². The summed E-state index contributed by atoms with van der Waals surface area (Å²) in [6, 6.07) is 14.9. The molecule has 1 aliphatic heterocycles. The van der Waals surface area contributed by atoms with Crippen LogP contribution in [0.25, 0.3) is 0 Å². The fourth-order valence-corrected chi connectivity index (χ4v) is 2.64. The number of nitrogens with zero attached hydrogens (tertiary/aromatic N) is 2. The zero-order valence-corrected chi connectivity index (χ0v) is 12.9. The summed E-state index contributed by atoms with van der Waals surface area (Å²) in [7, 11) is 0. The van der Waals surface area contributed by atoms with Gasteiger partial charge in [0.05, 0.1) is 13.2 Å². The van der Waals surface area contributed by atoms with Crippen molar-refractivity contribution in [1.29, 1.82) is 0 Å². The van der Waals surface area contributed by atoms with Gasteiger partial charge in [-0.3, -0.25) is 4.98 Å². The van der Waals surface area contributed by atoms with Crippen LogP contribution in [0.1, 0.15) is 11.3 Å². The van der Waals surface area contributed by atoms with Crippen molar-refractivity contribution in [3.63, 3.8) is 0 Å². The maximum atomic E-state index is 5.39. The Labute approximate surface area is 132 Å². The summed E-state index contributed by atoms with van der Waals surface area (Å²) in [6.45, 7) is 5.48. The number of hydrogen-bond donors (Lipinski definition) is 1. The van der Waals surface area contributed by atoms with Gasteiger partial charge in [0.25, 0.3) is 0 Å². The first kappa shape index (κ1) is 15.0. The first-order valence-electron chi connectivity index (χ1n) is 7.94. The number of ether oxygens (including phenoxy) is 1. The summed E-state index contributed by atoms with van der Waals surface area (Å²) in [5, 5.41) is 3.48. The molecule has 0 saturated carbocycles. The van der Waals surface area contributed by atoms with Gasteiger partial charge < -0.3 is 15.0 Å². The van der Waals surface area contributed by atoms with E-state index in [2.05, 4.69) is 45.5 Å². The molecule has 1 aliphatic rings. The number of anilines is 1. The van der Waals surface area contributed by atoms with Gasteiger partial charge in [-0.15, -0.1) is 0 Å². The van der Waals surface area contributed by atoms with Crippen LogP contribution >= 0.6 is 0 Å². The average molecular weight is 297 g/mol. The van der Waals surface area contributed by atoms with Crippen molar-refractivity contribution in [2.75, 3.05) is 37.7 Å². The quantitative estimate of drug-likeness (QED) is 0.830. The van der Waals surface area contributed by atoms with Crippen LogP contribution in [-0.2, 0) is 17.7 Å². The molecule has 0 radical (unpaired) electrons. The minimum atomic E-state index is 0.830. The maximum absolute atomic E-state index is 5.39. The predicted octanol–water partition coefficient (Wildman–Crippen LogP) is 2.25. The summed E-state index contributed by atoms with van der Waals surface area (Å²) < 4.78 is 5.39. The van der Waals surface area contributed by atoms with Crippen LogP contribution < -0.4 is 10.2 Å². The van der Waals surface area contributed by atoms with Crippen LogP contribution in [0.5, 0.6) is 0 Å². The Kier molecular flexibility index (Phi) is 5.40. The van der Waals surface area contributed by atoms with Gasteiger partial charge in [0.1, 0.15) is 0 Å². The Bertz CT molecular complexity index is 550. The third-order valence-corrected chi connectivity index (χ3v) is 3.93. The van der Waals surface area contributed by atoms with Crippen molar-refractivity contribution >= 4 is 5.69 Å². The standard InChI is InChI=1S/C18H23N3O/c1-2-9-20-17(3-1)8-10-19-15-16-4-6-18(7-5-16)21-11-13-22-14-12-21/h1-7,9,19H,8,10-15H2. The van der Waals surface area contributed by atoms with Crippen molar-refractivity contribution in [3.05, 3.63) is 59.9 Å². The second kappa shape index (κ2) is 7.92. The van der Waals surface area contributed by atoms with Crippen molar-refractivity contribution in [3.8, 4) is 0 Å². The molecule has 0 aliphatic carbocycles. The second-order valence-electron chi connectivity index (χ2n) is 5.51. The molecule has 0 amide bonds. The van der Waals surface area contributed by atoms with Gasteiger partial charge in [0.15, 0.2) is 0 Å². The number of hydrogen-bond acceptors (Lipinski definition) is 4. The van der Waals surface area contributed by atoms with Crippen molar-refractivity contribution in [2.24, 2.45) is 0 Å². The lowest BCUT2D eigenvalue weighted by molar-refractivity contribution is 0.122. The molecule has 1 fully saturated rings. The summed E-state index contributed by atoms with van der Waals surface area (Å²) in [5.41, 5.74) is 3.75. The molecule has 4 heteroatoms. The van der Waals surface area contributed by atoms with E-state index in [9.17, 15) is 0 Å². The van der Waals surface area contributed by atoms with Crippen LogP contribution in [-0.4, -0.2) is 37.8 Å². The summed E-state index contributed by atoms with van der Waals surface area (Å²) in [6.07, 6.45) is 2.81. The van der Waals surface area contributed by atoms with E-state index in [1.165, 1.54) is 11.3 Å². The summed E-state index contributed by atoms with van der Waals surface area (Å²) >= 11 is 0. The summed E-state index contributed by atoms with van der Waals surface area (Å²) in [4.78, 5) is 6.71. The van der Waals surface area contributed by atoms with Crippen LogP contribution in [0.4, 0.5) is 5.69 Å². The normalized spacial score (nSPS) is 15.0. The number of benzene rings is 1. The monoisotopic (exact) mass is 297 g/mol. The fourth-order valence-electron chi connectivity index (χ4n) is 2.64. The van der Waals surface area contributed by atoms with Gasteiger partial charge in [-0.25, -0.2) is 0 Å². The SMILES string of the molecule is c1ccc(CCNCc2ccc(N3CCOCC3)cc2)nc1. The molecule has 2 heterocycles. The van der Waals surface area contributed by atoms with Gasteiger partial charge in [-0.1, -0.05) is 18.2 Å². The zero-order chi connectivity index (χ0) is 15.0. The molecule has 4 nitrogen and oxygen atoms in total. The number of nitrogens with one attached hydrogen (secondary N) is 1. The Morgan fingerprint density at radius 2 is 1.86 bits per heavy atom. The molecule has 0 unspecified atom stereocenters. The third kappa shape index (κ3) is 4.29. The Balaban J connectivity index is 1.43. The summed E-state index contributed by atoms with van der Waals surface area (Å²) in [5.74, 6) is 0. The van der Waals surface area contributed by atoms with Crippen molar-refractivity contribution < 1.29 is 4.74 Å². The van der Waals surface area contributed by atoms with E-state index >= 15 is 0 Å². The van der Waals surface area contributed by atoms with Gasteiger partial charge >= 0.3 is 0 Å². The van der Waals surface area contributed by atoms with E-state index in [1.807, 2.05) is 18.3 Å². The Morgan fingerprint density at radius 1 is 1.05 bits per heavy atom. The molecule has 1 aromatic carbocycles. The number of pyridine rings is 1. The molecule has 0 atom stereocenters. The zero-order valence-electron chi connectivity index (χ0n) is 12.9. The lowest BCUT2D eigenvalue weighted by Gasteiger charge is -2.28. The molecule has 1 N–H and O–H groups in total. The fraction of sp³-hybridized carbons (Fsp3) is 0.389. The van der Waals surface area contributed by atoms with Crippen LogP contribution in [0.15, 0.2) is 48.7 Å². The topological polar surface area (TPSA) is 37.4 Å². The average Bonchev–Trinajstić information content (AvgIpc) is 2.61. The molecule has 0 bridgehead atoms. The molecular weight excluding hydrogens is 274 g/mol. The lowest BCUT2D eigenvalue weighted by atomic mass is 10.2. The van der Waals surface area contributed by atoms with Crippen molar-refractivity contribution in [2.45, 2.75) is 13.0 Å². The highest BCUT2D eigenvalue weighted by Crippen LogP contribution is 2.16. The predicted molar refractivity (Wildman–Crippen MR) is 89.1 cm³/mol. The van der Waals surface area contributed by atoms with Crippen LogP contribution in [0, 0.1) is 0 Å². The molecular formula is C18H23N3O. The maximum Gasteiger partial charge on any atom is 0.0642 e. The van der Waals surface area contributed by atoms with Crippen molar-refractivity contribution in [1.82, 2.24) is 10.3 Å². The molecule has 3 rings (SSSR count). The van der Waals surface area contributed by atoms with E-state index in [4.69, 9.17) is 4.74 Å². The molecule has 116 valence electrons. The van der Waals surface area contributed by atoms with E-state index in [1.54, 1.807) is 0 Å². The number of rotatable bonds is 6. The Hall–Kier alpha value is -1.91. The van der Waals surface area contributed by atoms with E-state index in [0.29, 0.717) is 0 Å². The minimum Gasteiger partial charge on any atom is -0.378 e. The molecule has 22 heavy (non-hydrogen) atoms. The molecule has 1 saturated heterocycles. The highest BCUT2D eigenvalue weighted by molar-refractivity contribution is 5.47. The van der Waals surface area contributed by atoms with Gasteiger partial charge in [0, 0.05) is 50.2 Å². The van der Waals surface area contributed by atoms with E-state index in [0.717, 1.165) is 51.5 Å². The number of morpholine rings is 1. The largest absolute Gasteiger partial charge is 0.378 e. The smallest absolute Gasteiger partial charge is 0.0642 e. The lowest BCUT2D eigenvalue weighted by Crippen LogP contribution is -2.36. The second-order valence-corrected chi connectivity index (χ2v) is 5.51. The molecule has 0 spiro atoms. The first-order chi connectivity index (χ1) is 10.9. The van der Waals surface area contributed by atoms with Gasteiger partial charge in [0.2, 0.25) is 0 Å². The third-order valence-electron chi connectivity index (χ3n) is 3.93. The van der Waals surface area contributed by atoms with E-state index < -0.39 is 0 Å². The Morgan fingerprint density at radius 3 is 2.59 bits per heavy atom. The molecule has 1 aromatic heterocycles. The number of aromatic nitrogens is 1. The van der Waals surface area contributed by atoms with E-state index in [-0.39, 0.29) is 0 Å². The highest BCUT2D eigenvalue weighted by atomic mass is 16.5. The molecule has 2 aromatic rings. The van der Waals surface area contributed by atoms with Crippen LogP contribution in [0.2, 0.25) is 0 Å². The van der Waals surface area contributed by atoms with Gasteiger partial charge in [-0.2, -0.15) is 0 Å². The highest BCUT2D eigenvalue weighted by Gasteiger charge is 2.10. The minimum absolute atomic E-state index is 0.830. The first-order valence-corrected chi connectivity index (χ1v) is 7.94.